The van der Waals surface area contributed by atoms with Crippen LogP contribution in [0.1, 0.15) is 15.2 Å². The summed E-state index contributed by atoms with van der Waals surface area (Å²) in [7, 11) is 1.63. The first kappa shape index (κ1) is 11.2. The van der Waals surface area contributed by atoms with E-state index in [4.69, 9.17) is 9.84 Å². The van der Waals surface area contributed by atoms with Gasteiger partial charge in [0.15, 0.2) is 0 Å². The SMILES string of the molecule is COCCNCc1ccsc1C(=O)O. The number of carboxylic acids is 1. The summed E-state index contributed by atoms with van der Waals surface area (Å²) in [6.45, 7) is 1.94. The van der Waals surface area contributed by atoms with Crippen molar-refractivity contribution in [2.24, 2.45) is 0 Å². The average molecular weight is 215 g/mol. The third-order valence-electron chi connectivity index (χ3n) is 1.74. The molecule has 0 aliphatic carbocycles. The highest BCUT2D eigenvalue weighted by molar-refractivity contribution is 7.12. The molecule has 1 aromatic rings. The number of hydrogen-bond donors (Lipinski definition) is 2. The van der Waals surface area contributed by atoms with Gasteiger partial charge >= 0.3 is 5.97 Å². The lowest BCUT2D eigenvalue weighted by Crippen LogP contribution is -2.19. The largest absolute Gasteiger partial charge is 0.477 e. The van der Waals surface area contributed by atoms with Gasteiger partial charge in [-0.3, -0.25) is 0 Å². The second kappa shape index (κ2) is 5.74. The molecule has 2 N–H and O–H groups in total. The van der Waals surface area contributed by atoms with Crippen molar-refractivity contribution in [3.05, 3.63) is 21.9 Å². The third-order valence-corrected chi connectivity index (χ3v) is 2.68. The molecule has 0 aliphatic heterocycles. The zero-order valence-electron chi connectivity index (χ0n) is 7.95. The van der Waals surface area contributed by atoms with Gasteiger partial charge in [0.05, 0.1) is 6.61 Å². The van der Waals surface area contributed by atoms with E-state index in [0.717, 1.165) is 12.1 Å². The second-order valence-electron chi connectivity index (χ2n) is 2.75. The van der Waals surface area contributed by atoms with Crippen LogP contribution < -0.4 is 5.32 Å². The van der Waals surface area contributed by atoms with Crippen molar-refractivity contribution in [2.75, 3.05) is 20.3 Å². The molecule has 0 amide bonds. The second-order valence-corrected chi connectivity index (χ2v) is 3.67. The van der Waals surface area contributed by atoms with Gasteiger partial charge in [0.1, 0.15) is 4.88 Å². The number of thiophene rings is 1. The first-order valence-corrected chi connectivity index (χ1v) is 5.13. The molecule has 0 spiro atoms. The maximum absolute atomic E-state index is 10.7. The lowest BCUT2D eigenvalue weighted by atomic mass is 10.2. The predicted molar refractivity (Wildman–Crippen MR) is 54.9 cm³/mol. The smallest absolute Gasteiger partial charge is 0.346 e. The number of ether oxygens (including phenoxy) is 1. The highest BCUT2D eigenvalue weighted by atomic mass is 32.1. The van der Waals surface area contributed by atoms with Crippen molar-refractivity contribution in [1.82, 2.24) is 5.32 Å². The van der Waals surface area contributed by atoms with Crippen molar-refractivity contribution in [2.45, 2.75) is 6.54 Å². The maximum Gasteiger partial charge on any atom is 0.346 e. The van der Waals surface area contributed by atoms with Crippen LogP contribution in [0.2, 0.25) is 0 Å². The van der Waals surface area contributed by atoms with Crippen LogP contribution in [0.15, 0.2) is 11.4 Å². The topological polar surface area (TPSA) is 58.6 Å². The van der Waals surface area contributed by atoms with Crippen LogP contribution in [0.25, 0.3) is 0 Å². The van der Waals surface area contributed by atoms with E-state index in [1.54, 1.807) is 12.5 Å². The van der Waals surface area contributed by atoms with E-state index in [2.05, 4.69) is 5.32 Å². The highest BCUT2D eigenvalue weighted by Gasteiger charge is 2.10. The summed E-state index contributed by atoms with van der Waals surface area (Å²) in [5.74, 6) is -0.858. The number of carbonyl (C=O) groups is 1. The lowest BCUT2D eigenvalue weighted by molar-refractivity contribution is 0.0701. The first-order chi connectivity index (χ1) is 6.75. The third kappa shape index (κ3) is 3.10. The molecule has 1 rings (SSSR count). The minimum atomic E-state index is -0.858. The minimum absolute atomic E-state index is 0.412. The Labute approximate surface area is 86.5 Å². The summed E-state index contributed by atoms with van der Waals surface area (Å²) in [6.07, 6.45) is 0. The first-order valence-electron chi connectivity index (χ1n) is 4.25. The molecule has 0 radical (unpaired) electrons. The molecule has 1 aromatic heterocycles. The Hall–Kier alpha value is -0.910. The Morgan fingerprint density at radius 1 is 1.71 bits per heavy atom. The Balaban J connectivity index is 2.42. The Morgan fingerprint density at radius 3 is 3.14 bits per heavy atom. The standard InChI is InChI=1S/C9H13NO3S/c1-13-4-3-10-6-7-2-5-14-8(7)9(11)12/h2,5,10H,3-4,6H2,1H3,(H,11,12). The van der Waals surface area contributed by atoms with Crippen molar-refractivity contribution in [3.63, 3.8) is 0 Å². The molecule has 0 bridgehead atoms. The fraction of sp³-hybridized carbons (Fsp3) is 0.444. The van der Waals surface area contributed by atoms with Gasteiger partial charge in [0.25, 0.3) is 0 Å². The van der Waals surface area contributed by atoms with Crippen LogP contribution in [0, 0.1) is 0 Å². The lowest BCUT2D eigenvalue weighted by Gasteiger charge is -2.02. The van der Waals surface area contributed by atoms with Crippen LogP contribution in [0.3, 0.4) is 0 Å². The summed E-state index contributed by atoms with van der Waals surface area (Å²) in [5.41, 5.74) is 0.832. The molecular weight excluding hydrogens is 202 g/mol. The molecule has 1 heterocycles. The normalized spacial score (nSPS) is 10.4. The van der Waals surface area contributed by atoms with Gasteiger partial charge in [0, 0.05) is 20.2 Å². The zero-order chi connectivity index (χ0) is 10.4. The molecule has 0 atom stereocenters. The molecule has 0 saturated heterocycles. The molecular formula is C9H13NO3S. The molecule has 0 aromatic carbocycles. The van der Waals surface area contributed by atoms with Crippen molar-refractivity contribution in [3.8, 4) is 0 Å². The van der Waals surface area contributed by atoms with Gasteiger partial charge in [-0.2, -0.15) is 0 Å². The Morgan fingerprint density at radius 2 is 2.50 bits per heavy atom. The van der Waals surface area contributed by atoms with Crippen molar-refractivity contribution < 1.29 is 14.6 Å². The van der Waals surface area contributed by atoms with Gasteiger partial charge < -0.3 is 15.2 Å². The maximum atomic E-state index is 10.7. The van der Waals surface area contributed by atoms with Crippen molar-refractivity contribution in [1.29, 1.82) is 0 Å². The predicted octanol–water partition coefficient (Wildman–Crippen LogP) is 1.18. The number of methoxy groups -OCH3 is 1. The molecule has 0 aliphatic rings. The summed E-state index contributed by atoms with van der Waals surface area (Å²) < 4.78 is 4.86. The number of aromatic carboxylic acids is 1. The number of carboxylic acid groups (broad SMARTS) is 1. The van der Waals surface area contributed by atoms with Gasteiger partial charge in [-0.1, -0.05) is 0 Å². The van der Waals surface area contributed by atoms with E-state index in [1.165, 1.54) is 11.3 Å². The van der Waals surface area contributed by atoms with Gasteiger partial charge in [-0.05, 0) is 17.0 Å². The molecule has 4 nitrogen and oxygen atoms in total. The molecule has 0 unspecified atom stereocenters. The highest BCUT2D eigenvalue weighted by Crippen LogP contribution is 2.16. The van der Waals surface area contributed by atoms with E-state index in [0.29, 0.717) is 18.0 Å². The molecule has 14 heavy (non-hydrogen) atoms. The number of nitrogens with one attached hydrogen (secondary N) is 1. The van der Waals surface area contributed by atoms with E-state index in [1.807, 2.05) is 6.07 Å². The van der Waals surface area contributed by atoms with E-state index < -0.39 is 5.97 Å². The van der Waals surface area contributed by atoms with Crippen LogP contribution in [0.5, 0.6) is 0 Å². The molecule has 78 valence electrons. The summed E-state index contributed by atoms with van der Waals surface area (Å²) >= 11 is 1.25. The van der Waals surface area contributed by atoms with Gasteiger partial charge in [-0.25, -0.2) is 4.79 Å². The van der Waals surface area contributed by atoms with E-state index in [-0.39, 0.29) is 0 Å². The van der Waals surface area contributed by atoms with Gasteiger partial charge in [-0.15, -0.1) is 11.3 Å². The minimum Gasteiger partial charge on any atom is -0.477 e. The molecule has 5 heteroatoms. The monoisotopic (exact) mass is 215 g/mol. The van der Waals surface area contributed by atoms with Crippen LogP contribution in [-0.2, 0) is 11.3 Å². The number of rotatable bonds is 6. The number of hydrogen-bond acceptors (Lipinski definition) is 4. The average Bonchev–Trinajstić information content (AvgIpc) is 2.60. The van der Waals surface area contributed by atoms with Crippen molar-refractivity contribution >= 4 is 17.3 Å². The van der Waals surface area contributed by atoms with E-state index >= 15 is 0 Å². The fourth-order valence-corrected chi connectivity index (χ4v) is 1.82. The summed E-state index contributed by atoms with van der Waals surface area (Å²) in [5, 5.41) is 13.7. The fourth-order valence-electron chi connectivity index (χ4n) is 1.06. The van der Waals surface area contributed by atoms with Crippen LogP contribution in [0.4, 0.5) is 0 Å². The summed E-state index contributed by atoms with van der Waals surface area (Å²) in [4.78, 5) is 11.1. The molecule has 0 fully saturated rings. The molecule has 0 saturated carbocycles. The Bertz CT molecular complexity index is 298. The van der Waals surface area contributed by atoms with Crippen LogP contribution in [-0.4, -0.2) is 31.3 Å². The van der Waals surface area contributed by atoms with Gasteiger partial charge in [0.2, 0.25) is 0 Å². The zero-order valence-corrected chi connectivity index (χ0v) is 8.76. The Kier molecular flexibility index (Phi) is 4.58. The summed E-state index contributed by atoms with van der Waals surface area (Å²) in [6, 6.07) is 1.83. The quantitative estimate of drug-likeness (QED) is 0.700. The van der Waals surface area contributed by atoms with Crippen LogP contribution >= 0.6 is 11.3 Å². The van der Waals surface area contributed by atoms with E-state index in [9.17, 15) is 4.79 Å².